The molecule has 0 spiro atoms. The molecule has 10 nitrogen and oxygen atoms in total. The SMILES string of the molecule is COc1ncccc1C(n1cnc(NC(=O)C(NC(=O)c2ccnn2C(C)C)C(C2CC2)C2CC2)c1)C(F)(F)F. The van der Waals surface area contributed by atoms with Gasteiger partial charge in [0, 0.05) is 30.2 Å². The molecule has 2 unspecified atom stereocenters. The molecule has 0 saturated heterocycles. The van der Waals surface area contributed by atoms with Gasteiger partial charge in [-0.25, -0.2) is 9.97 Å². The Balaban J connectivity index is 1.40. The Morgan fingerprint density at radius 2 is 1.77 bits per heavy atom. The van der Waals surface area contributed by atoms with Crippen molar-refractivity contribution in [2.45, 2.75) is 63.8 Å². The normalized spacial score (nSPS) is 17.1. The molecule has 3 aromatic heterocycles. The molecule has 5 rings (SSSR count). The van der Waals surface area contributed by atoms with Crippen molar-refractivity contribution in [1.29, 1.82) is 0 Å². The number of amides is 2. The largest absolute Gasteiger partial charge is 0.481 e. The number of alkyl halides is 3. The fourth-order valence-corrected chi connectivity index (χ4v) is 5.38. The van der Waals surface area contributed by atoms with E-state index in [1.807, 2.05) is 13.8 Å². The number of carbonyl (C=O) groups is 2. The highest BCUT2D eigenvalue weighted by atomic mass is 19.4. The number of anilines is 1. The molecule has 0 aromatic carbocycles. The number of hydrogen-bond donors (Lipinski definition) is 2. The lowest BCUT2D eigenvalue weighted by Crippen LogP contribution is -2.50. The summed E-state index contributed by atoms with van der Waals surface area (Å²) in [4.78, 5) is 34.9. The summed E-state index contributed by atoms with van der Waals surface area (Å²) in [6.45, 7) is 3.80. The number of ether oxygens (including phenoxy) is 1. The van der Waals surface area contributed by atoms with E-state index in [-0.39, 0.29) is 29.2 Å². The van der Waals surface area contributed by atoms with Gasteiger partial charge < -0.3 is 19.9 Å². The number of aromatic nitrogens is 5. The number of carbonyl (C=O) groups excluding carboxylic acids is 2. The summed E-state index contributed by atoms with van der Waals surface area (Å²) < 4.78 is 50.1. The van der Waals surface area contributed by atoms with Crippen molar-refractivity contribution in [3.05, 3.63) is 54.4 Å². The van der Waals surface area contributed by atoms with Gasteiger partial charge in [0.25, 0.3) is 5.91 Å². The summed E-state index contributed by atoms with van der Waals surface area (Å²) in [5.74, 6) is -0.607. The molecule has 214 valence electrons. The summed E-state index contributed by atoms with van der Waals surface area (Å²) >= 11 is 0. The number of pyridine rings is 1. The zero-order valence-corrected chi connectivity index (χ0v) is 22.4. The molecule has 3 heterocycles. The molecule has 0 bridgehead atoms. The van der Waals surface area contributed by atoms with Gasteiger partial charge in [0.1, 0.15) is 11.7 Å². The fraction of sp³-hybridized carbons (Fsp3) is 0.519. The van der Waals surface area contributed by atoms with Crippen LogP contribution in [0, 0.1) is 17.8 Å². The Morgan fingerprint density at radius 3 is 2.38 bits per heavy atom. The maximum absolute atomic E-state index is 14.2. The summed E-state index contributed by atoms with van der Waals surface area (Å²) in [5.41, 5.74) is 0.142. The standard InChI is InChI=1S/C27H32F3N7O3/c1-15(2)37-19(10-12-33-37)24(38)35-22(21(16-6-7-16)17-8-9-17)25(39)34-20-13-36(14-32-20)23(27(28,29)30)18-5-4-11-31-26(18)40-3/h4-5,10-17,21-23H,6-9H2,1-3H3,(H,34,39)(H,35,38). The van der Waals surface area contributed by atoms with Crippen LogP contribution in [0.2, 0.25) is 0 Å². The van der Waals surface area contributed by atoms with Gasteiger partial charge in [0.2, 0.25) is 11.8 Å². The van der Waals surface area contributed by atoms with E-state index in [0.29, 0.717) is 17.5 Å². The molecule has 13 heteroatoms. The van der Waals surface area contributed by atoms with E-state index in [1.54, 1.807) is 10.7 Å². The maximum atomic E-state index is 14.2. The van der Waals surface area contributed by atoms with Gasteiger partial charge >= 0.3 is 6.18 Å². The van der Waals surface area contributed by atoms with Crippen molar-refractivity contribution in [3.63, 3.8) is 0 Å². The average molecular weight is 560 g/mol. The van der Waals surface area contributed by atoms with Crippen LogP contribution in [-0.2, 0) is 4.79 Å². The van der Waals surface area contributed by atoms with E-state index in [2.05, 4.69) is 25.7 Å². The second kappa shape index (κ2) is 10.9. The second-order valence-corrected chi connectivity index (χ2v) is 10.7. The van der Waals surface area contributed by atoms with Crippen LogP contribution in [0.3, 0.4) is 0 Å². The van der Waals surface area contributed by atoms with Gasteiger partial charge in [-0.1, -0.05) is 0 Å². The van der Waals surface area contributed by atoms with Crippen LogP contribution >= 0.6 is 0 Å². The number of nitrogens with one attached hydrogen (secondary N) is 2. The topological polar surface area (TPSA) is 116 Å². The first kappa shape index (κ1) is 27.7. The summed E-state index contributed by atoms with van der Waals surface area (Å²) in [6, 6.07) is 1.21. The molecule has 2 amide bonds. The predicted octanol–water partition coefficient (Wildman–Crippen LogP) is 4.39. The van der Waals surface area contributed by atoms with Crippen molar-refractivity contribution in [2.75, 3.05) is 12.4 Å². The molecule has 2 atom stereocenters. The highest BCUT2D eigenvalue weighted by Gasteiger charge is 2.49. The molecule has 2 aliphatic carbocycles. The second-order valence-electron chi connectivity index (χ2n) is 10.7. The fourth-order valence-electron chi connectivity index (χ4n) is 5.38. The van der Waals surface area contributed by atoms with Gasteiger partial charge in [0.15, 0.2) is 11.9 Å². The van der Waals surface area contributed by atoms with Crippen molar-refractivity contribution < 1.29 is 27.5 Å². The number of hydrogen-bond acceptors (Lipinski definition) is 6. The van der Waals surface area contributed by atoms with Crippen LogP contribution in [0.4, 0.5) is 19.0 Å². The molecular formula is C27H32F3N7O3. The number of methoxy groups -OCH3 is 1. The molecule has 3 aromatic rings. The Kier molecular flexibility index (Phi) is 7.56. The number of imidazole rings is 1. The van der Waals surface area contributed by atoms with Crippen LogP contribution in [0.1, 0.15) is 67.7 Å². The highest BCUT2D eigenvalue weighted by molar-refractivity contribution is 6.00. The molecule has 40 heavy (non-hydrogen) atoms. The third-order valence-electron chi connectivity index (χ3n) is 7.43. The van der Waals surface area contributed by atoms with E-state index >= 15 is 0 Å². The smallest absolute Gasteiger partial charge is 0.413 e. The molecule has 2 fully saturated rings. The number of nitrogens with zero attached hydrogens (tertiary/aromatic N) is 5. The average Bonchev–Trinajstić information content (AvgIpc) is 3.83. The minimum absolute atomic E-state index is 0.0566. The third kappa shape index (κ3) is 5.82. The van der Waals surface area contributed by atoms with Crippen LogP contribution in [-0.4, -0.2) is 55.5 Å². The van der Waals surface area contributed by atoms with Crippen LogP contribution in [0.15, 0.2) is 43.1 Å². The van der Waals surface area contributed by atoms with E-state index in [4.69, 9.17) is 4.74 Å². The zero-order valence-electron chi connectivity index (χ0n) is 22.4. The Morgan fingerprint density at radius 1 is 1.07 bits per heavy atom. The van der Waals surface area contributed by atoms with Gasteiger partial charge in [-0.15, -0.1) is 0 Å². The lowest BCUT2D eigenvalue weighted by Gasteiger charge is -2.27. The summed E-state index contributed by atoms with van der Waals surface area (Å²) in [6.07, 6.45) is 4.19. The molecule has 2 aliphatic rings. The molecule has 2 saturated carbocycles. The zero-order chi connectivity index (χ0) is 28.6. The molecule has 0 radical (unpaired) electrons. The molecule has 0 aliphatic heterocycles. The van der Waals surface area contributed by atoms with Crippen LogP contribution in [0.5, 0.6) is 5.88 Å². The van der Waals surface area contributed by atoms with Crippen LogP contribution < -0.4 is 15.4 Å². The van der Waals surface area contributed by atoms with Crippen molar-refractivity contribution >= 4 is 17.6 Å². The van der Waals surface area contributed by atoms with Crippen molar-refractivity contribution in [2.24, 2.45) is 17.8 Å². The van der Waals surface area contributed by atoms with E-state index in [1.165, 1.54) is 31.6 Å². The van der Waals surface area contributed by atoms with Gasteiger partial charge in [-0.2, -0.15) is 18.3 Å². The Labute approximate surface area is 229 Å². The van der Waals surface area contributed by atoms with Gasteiger partial charge in [0.05, 0.1) is 13.4 Å². The lowest BCUT2D eigenvalue weighted by molar-refractivity contribution is -0.157. The van der Waals surface area contributed by atoms with Gasteiger partial charge in [-0.3, -0.25) is 14.3 Å². The van der Waals surface area contributed by atoms with E-state index in [9.17, 15) is 22.8 Å². The Bertz CT molecular complexity index is 1350. The van der Waals surface area contributed by atoms with E-state index in [0.717, 1.165) is 42.8 Å². The van der Waals surface area contributed by atoms with Crippen LogP contribution in [0.25, 0.3) is 0 Å². The lowest BCUT2D eigenvalue weighted by atomic mass is 9.88. The van der Waals surface area contributed by atoms with Crippen molar-refractivity contribution in [3.8, 4) is 5.88 Å². The predicted molar refractivity (Wildman–Crippen MR) is 139 cm³/mol. The first-order valence-electron chi connectivity index (χ1n) is 13.3. The van der Waals surface area contributed by atoms with E-state index < -0.39 is 30.1 Å². The van der Waals surface area contributed by atoms with Crippen molar-refractivity contribution in [1.82, 2.24) is 29.6 Å². The summed E-state index contributed by atoms with van der Waals surface area (Å²) in [5, 5.41) is 9.79. The first-order chi connectivity index (χ1) is 19.1. The summed E-state index contributed by atoms with van der Waals surface area (Å²) in [7, 11) is 1.25. The molecule has 2 N–H and O–H groups in total. The molecular weight excluding hydrogens is 527 g/mol. The number of rotatable bonds is 11. The van der Waals surface area contributed by atoms with Gasteiger partial charge in [-0.05, 0) is 75.5 Å². The Hall–Kier alpha value is -3.90. The highest BCUT2D eigenvalue weighted by Crippen LogP contribution is 2.51. The first-order valence-corrected chi connectivity index (χ1v) is 13.3. The minimum Gasteiger partial charge on any atom is -0.481 e. The monoisotopic (exact) mass is 559 g/mol. The number of halogens is 3. The quantitative estimate of drug-likeness (QED) is 0.360. The third-order valence-corrected chi connectivity index (χ3v) is 7.43. The maximum Gasteiger partial charge on any atom is 0.413 e. The minimum atomic E-state index is -4.70.